The first kappa shape index (κ1) is 26.7. The molecule has 3 N–H and O–H groups in total. The fourth-order valence-electron chi connectivity index (χ4n) is 5.82. The second-order valence-corrected chi connectivity index (χ2v) is 10.6. The van der Waals surface area contributed by atoms with E-state index in [0.717, 1.165) is 24.1 Å². The van der Waals surface area contributed by atoms with E-state index in [1.54, 1.807) is 6.20 Å². The molecule has 4 heterocycles. The first-order chi connectivity index (χ1) is 18.7. The van der Waals surface area contributed by atoms with E-state index in [1.807, 2.05) is 47.7 Å². The molecule has 0 bridgehead atoms. The Morgan fingerprint density at radius 2 is 1.97 bits per heavy atom. The molecule has 2 aromatic heterocycles. The third-order valence-electron chi connectivity index (χ3n) is 8.13. The van der Waals surface area contributed by atoms with Crippen molar-refractivity contribution in [3.63, 3.8) is 0 Å². The average Bonchev–Trinajstić information content (AvgIpc) is 3.15. The van der Waals surface area contributed by atoms with Crippen LogP contribution in [0.2, 0.25) is 0 Å². The average molecular weight is 537 g/mol. The molecule has 2 aliphatic heterocycles. The largest absolute Gasteiger partial charge is 0.465 e. The SMILES string of the molecule is CCC1(n2nc(Nc3ccc(C(=O)N4CCCO[C@H](C)C4)c(C)c3)c3c(=O)[nH]ccc32)CCN(C(=O)O)CC1. The van der Waals surface area contributed by atoms with E-state index < -0.39 is 11.6 Å². The van der Waals surface area contributed by atoms with Gasteiger partial charge in [0, 0.05) is 50.2 Å². The van der Waals surface area contributed by atoms with E-state index in [-0.39, 0.29) is 17.6 Å². The third-order valence-corrected chi connectivity index (χ3v) is 8.13. The Balaban J connectivity index is 1.45. The Hall–Kier alpha value is -3.86. The molecule has 0 aliphatic carbocycles. The van der Waals surface area contributed by atoms with Crippen LogP contribution in [0.4, 0.5) is 16.3 Å². The fourth-order valence-corrected chi connectivity index (χ4v) is 5.82. The number of aryl methyl sites for hydroxylation is 1. The minimum atomic E-state index is -0.917. The number of aromatic amines is 1. The van der Waals surface area contributed by atoms with E-state index in [2.05, 4.69) is 17.2 Å². The van der Waals surface area contributed by atoms with Crippen molar-refractivity contribution in [1.82, 2.24) is 24.6 Å². The Bertz CT molecular complexity index is 1440. The van der Waals surface area contributed by atoms with Crippen molar-refractivity contribution >= 4 is 34.4 Å². The molecule has 208 valence electrons. The van der Waals surface area contributed by atoms with Gasteiger partial charge in [0.1, 0.15) is 5.39 Å². The molecule has 39 heavy (non-hydrogen) atoms. The fraction of sp³-hybridized carbons (Fsp3) is 0.500. The van der Waals surface area contributed by atoms with E-state index >= 15 is 0 Å². The standard InChI is InChI=1S/C28H36N6O5/c1-4-28(9-13-32(14-10-28)27(37)38)34-22-8-11-29-25(35)23(22)24(31-34)30-20-6-7-21(18(2)16-20)26(36)33-12-5-15-39-19(3)17-33/h6-8,11,16,19H,4-5,9-10,12-15,17H2,1-3H3,(H,29,35)(H,30,31)(H,37,38)/t19-/m1/s1. The van der Waals surface area contributed by atoms with Crippen LogP contribution in [-0.2, 0) is 10.3 Å². The summed E-state index contributed by atoms with van der Waals surface area (Å²) >= 11 is 0. The highest BCUT2D eigenvalue weighted by Gasteiger charge is 2.38. The predicted molar refractivity (Wildman–Crippen MR) is 148 cm³/mol. The number of H-pyrrole nitrogens is 1. The first-order valence-electron chi connectivity index (χ1n) is 13.6. The first-order valence-corrected chi connectivity index (χ1v) is 13.6. The Kier molecular flexibility index (Phi) is 7.35. The van der Waals surface area contributed by atoms with Crippen molar-refractivity contribution in [3.8, 4) is 0 Å². The van der Waals surface area contributed by atoms with Crippen LogP contribution in [0.3, 0.4) is 0 Å². The van der Waals surface area contributed by atoms with Crippen LogP contribution in [0.25, 0.3) is 10.9 Å². The minimum Gasteiger partial charge on any atom is -0.465 e. The summed E-state index contributed by atoms with van der Waals surface area (Å²) in [6, 6.07) is 7.39. The number of hydrogen-bond donors (Lipinski definition) is 3. The number of ether oxygens (including phenoxy) is 1. The lowest BCUT2D eigenvalue weighted by Gasteiger charge is -2.41. The molecular weight excluding hydrogens is 500 g/mol. The summed E-state index contributed by atoms with van der Waals surface area (Å²) in [5.41, 5.74) is 2.23. The highest BCUT2D eigenvalue weighted by Crippen LogP contribution is 2.37. The molecular formula is C28H36N6O5. The summed E-state index contributed by atoms with van der Waals surface area (Å²) in [6.07, 6.45) is 3.47. The summed E-state index contributed by atoms with van der Waals surface area (Å²) in [5.74, 6) is 0.414. The van der Waals surface area contributed by atoms with Crippen molar-refractivity contribution < 1.29 is 19.4 Å². The number of anilines is 2. The molecule has 11 nitrogen and oxygen atoms in total. The lowest BCUT2D eigenvalue weighted by atomic mass is 9.85. The van der Waals surface area contributed by atoms with Gasteiger partial charge in [0.2, 0.25) is 0 Å². The molecule has 0 unspecified atom stereocenters. The van der Waals surface area contributed by atoms with Crippen LogP contribution >= 0.6 is 0 Å². The molecule has 2 saturated heterocycles. The molecule has 5 rings (SSSR count). The van der Waals surface area contributed by atoms with Gasteiger partial charge in [-0.2, -0.15) is 5.10 Å². The number of amides is 2. The Morgan fingerprint density at radius 3 is 2.67 bits per heavy atom. The smallest absolute Gasteiger partial charge is 0.407 e. The molecule has 0 radical (unpaired) electrons. The van der Waals surface area contributed by atoms with Gasteiger partial charge in [-0.25, -0.2) is 4.79 Å². The molecule has 11 heteroatoms. The summed E-state index contributed by atoms with van der Waals surface area (Å²) in [5, 5.41) is 18.1. The minimum absolute atomic E-state index is 0.00181. The maximum absolute atomic E-state index is 13.3. The van der Waals surface area contributed by atoms with E-state index in [0.29, 0.717) is 67.9 Å². The van der Waals surface area contributed by atoms with Gasteiger partial charge in [0.15, 0.2) is 5.82 Å². The van der Waals surface area contributed by atoms with Gasteiger partial charge in [0.25, 0.3) is 11.5 Å². The number of aromatic nitrogens is 3. The number of carbonyl (C=O) groups is 2. The summed E-state index contributed by atoms with van der Waals surface area (Å²) in [7, 11) is 0. The van der Waals surface area contributed by atoms with Gasteiger partial charge < -0.3 is 29.9 Å². The van der Waals surface area contributed by atoms with Gasteiger partial charge in [-0.3, -0.25) is 14.3 Å². The number of piperidine rings is 1. The van der Waals surface area contributed by atoms with Crippen molar-refractivity contribution in [2.45, 2.75) is 58.1 Å². The van der Waals surface area contributed by atoms with Crippen LogP contribution in [0, 0.1) is 6.92 Å². The van der Waals surface area contributed by atoms with Crippen molar-refractivity contribution in [2.75, 3.05) is 38.1 Å². The van der Waals surface area contributed by atoms with Gasteiger partial charge in [-0.05, 0) is 69.4 Å². The molecule has 1 atom stereocenters. The number of likely N-dealkylation sites (tertiary alicyclic amines) is 1. The number of pyridine rings is 1. The second kappa shape index (κ2) is 10.7. The number of carbonyl (C=O) groups excluding carboxylic acids is 1. The highest BCUT2D eigenvalue weighted by molar-refractivity contribution is 5.96. The number of nitrogens with one attached hydrogen (secondary N) is 2. The number of benzene rings is 1. The van der Waals surface area contributed by atoms with Gasteiger partial charge >= 0.3 is 6.09 Å². The zero-order valence-electron chi connectivity index (χ0n) is 22.7. The molecule has 0 spiro atoms. The number of nitrogens with zero attached hydrogens (tertiary/aromatic N) is 4. The quantitative estimate of drug-likeness (QED) is 0.450. The van der Waals surface area contributed by atoms with Crippen LogP contribution in [0.1, 0.15) is 55.5 Å². The van der Waals surface area contributed by atoms with Crippen molar-refractivity contribution in [3.05, 3.63) is 51.9 Å². The zero-order chi connectivity index (χ0) is 27.7. The predicted octanol–water partition coefficient (Wildman–Crippen LogP) is 3.91. The maximum atomic E-state index is 13.3. The number of carboxylic acid groups (broad SMARTS) is 1. The Morgan fingerprint density at radius 1 is 1.21 bits per heavy atom. The van der Waals surface area contributed by atoms with Gasteiger partial charge in [0.05, 0.1) is 17.2 Å². The van der Waals surface area contributed by atoms with Crippen molar-refractivity contribution in [1.29, 1.82) is 0 Å². The van der Waals surface area contributed by atoms with Gasteiger partial charge in [-0.15, -0.1) is 0 Å². The zero-order valence-corrected chi connectivity index (χ0v) is 22.7. The molecule has 2 amide bonds. The van der Waals surface area contributed by atoms with E-state index in [1.165, 1.54) is 4.90 Å². The van der Waals surface area contributed by atoms with E-state index in [9.17, 15) is 19.5 Å². The Labute approximate surface area is 226 Å². The summed E-state index contributed by atoms with van der Waals surface area (Å²) in [4.78, 5) is 43.8. The van der Waals surface area contributed by atoms with Crippen LogP contribution in [-0.4, -0.2) is 80.6 Å². The second-order valence-electron chi connectivity index (χ2n) is 10.6. The molecule has 1 aromatic carbocycles. The molecule has 2 aliphatic rings. The number of hydrogen-bond acceptors (Lipinski definition) is 6. The third kappa shape index (κ3) is 5.10. The monoisotopic (exact) mass is 536 g/mol. The van der Waals surface area contributed by atoms with Crippen LogP contribution in [0.15, 0.2) is 35.3 Å². The van der Waals surface area contributed by atoms with Crippen LogP contribution in [0.5, 0.6) is 0 Å². The normalized spacial score (nSPS) is 19.6. The number of rotatable bonds is 5. The topological polar surface area (TPSA) is 133 Å². The lowest BCUT2D eigenvalue weighted by Crippen LogP contribution is -2.47. The van der Waals surface area contributed by atoms with Crippen molar-refractivity contribution in [2.24, 2.45) is 0 Å². The summed E-state index contributed by atoms with van der Waals surface area (Å²) in [6.45, 7) is 8.66. The lowest BCUT2D eigenvalue weighted by molar-refractivity contribution is 0.0562. The van der Waals surface area contributed by atoms with Crippen LogP contribution < -0.4 is 10.9 Å². The van der Waals surface area contributed by atoms with E-state index in [4.69, 9.17) is 9.84 Å². The maximum Gasteiger partial charge on any atom is 0.407 e. The van der Waals surface area contributed by atoms with Gasteiger partial charge in [-0.1, -0.05) is 6.92 Å². The molecule has 0 saturated carbocycles. The summed E-state index contributed by atoms with van der Waals surface area (Å²) < 4.78 is 7.60. The molecule has 3 aromatic rings. The number of fused-ring (bicyclic) bond motifs is 1. The molecule has 2 fully saturated rings. The highest BCUT2D eigenvalue weighted by atomic mass is 16.5.